The molecule has 1 N–H and O–H groups in total. The maximum absolute atomic E-state index is 10.5. The number of nitrogens with zero attached hydrogens (tertiary/aromatic N) is 2. The summed E-state index contributed by atoms with van der Waals surface area (Å²) < 4.78 is 1.78. The van der Waals surface area contributed by atoms with Crippen LogP contribution in [-0.2, 0) is 7.05 Å². The molecular weight excluding hydrogens is 224 g/mol. The summed E-state index contributed by atoms with van der Waals surface area (Å²) in [5.41, 5.74) is 0.997. The Morgan fingerprint density at radius 1 is 1.22 bits per heavy atom. The van der Waals surface area contributed by atoms with Gasteiger partial charge in [0, 0.05) is 18.8 Å². The van der Waals surface area contributed by atoms with Gasteiger partial charge in [-0.3, -0.25) is 4.68 Å². The number of aromatic nitrogens is 2. The second kappa shape index (κ2) is 5.04. The zero-order valence-corrected chi connectivity index (χ0v) is 11.3. The summed E-state index contributed by atoms with van der Waals surface area (Å²) in [7, 11) is 1.91. The fraction of sp³-hybridized carbons (Fsp3) is 0.800. The van der Waals surface area contributed by atoms with Gasteiger partial charge in [0.15, 0.2) is 0 Å². The first-order valence-electron chi connectivity index (χ1n) is 7.40. The molecule has 0 radical (unpaired) electrons. The molecule has 0 saturated heterocycles. The average molecular weight is 248 g/mol. The summed E-state index contributed by atoms with van der Waals surface area (Å²) in [5.74, 6) is 2.29. The van der Waals surface area contributed by atoms with Gasteiger partial charge < -0.3 is 5.11 Å². The highest BCUT2D eigenvalue weighted by Gasteiger charge is 2.35. The topological polar surface area (TPSA) is 38.0 Å². The number of aliphatic hydroxyl groups is 1. The van der Waals surface area contributed by atoms with Crippen molar-refractivity contribution in [2.75, 3.05) is 0 Å². The Morgan fingerprint density at radius 3 is 2.72 bits per heavy atom. The molecular formula is C15H24N2O. The Kier molecular flexibility index (Phi) is 3.42. The first-order valence-corrected chi connectivity index (χ1v) is 7.40. The van der Waals surface area contributed by atoms with Crippen LogP contribution in [0.4, 0.5) is 0 Å². The third kappa shape index (κ3) is 2.33. The first-order chi connectivity index (χ1) is 8.74. The number of fused-ring (bicyclic) bond motifs is 1. The molecule has 0 spiro atoms. The highest BCUT2D eigenvalue weighted by molar-refractivity contribution is 5.09. The molecule has 3 nitrogen and oxygen atoms in total. The minimum absolute atomic E-state index is 0.304. The van der Waals surface area contributed by atoms with Crippen LogP contribution in [-0.4, -0.2) is 14.9 Å². The number of rotatable bonds is 2. The molecule has 2 saturated carbocycles. The zero-order chi connectivity index (χ0) is 12.5. The van der Waals surface area contributed by atoms with E-state index in [0.29, 0.717) is 5.92 Å². The van der Waals surface area contributed by atoms with Gasteiger partial charge in [-0.05, 0) is 37.0 Å². The number of hydrogen-bond donors (Lipinski definition) is 1. The molecule has 1 aromatic heterocycles. The maximum Gasteiger partial charge on any atom is 0.0848 e. The van der Waals surface area contributed by atoms with E-state index in [1.165, 1.54) is 44.9 Å². The van der Waals surface area contributed by atoms with Crippen LogP contribution in [0.5, 0.6) is 0 Å². The largest absolute Gasteiger partial charge is 0.388 e. The lowest BCUT2D eigenvalue weighted by Crippen LogP contribution is -2.30. The quantitative estimate of drug-likeness (QED) is 0.873. The van der Waals surface area contributed by atoms with Crippen molar-refractivity contribution < 1.29 is 5.11 Å². The van der Waals surface area contributed by atoms with E-state index in [2.05, 4.69) is 5.10 Å². The normalized spacial score (nSPS) is 34.0. The van der Waals surface area contributed by atoms with Crippen molar-refractivity contribution in [2.24, 2.45) is 24.8 Å². The molecule has 1 heterocycles. The Balaban J connectivity index is 1.66. The Hall–Kier alpha value is -0.830. The third-order valence-electron chi connectivity index (χ3n) is 5.09. The fourth-order valence-electron chi connectivity index (χ4n) is 4.06. The summed E-state index contributed by atoms with van der Waals surface area (Å²) in [6, 6.07) is 0. The lowest BCUT2D eigenvalue weighted by atomic mass is 9.66. The van der Waals surface area contributed by atoms with Crippen molar-refractivity contribution >= 4 is 0 Å². The summed E-state index contributed by atoms with van der Waals surface area (Å²) in [4.78, 5) is 0. The molecule has 2 aliphatic rings. The summed E-state index contributed by atoms with van der Waals surface area (Å²) in [6.07, 6.45) is 12.9. The molecule has 3 rings (SSSR count). The van der Waals surface area contributed by atoms with Gasteiger partial charge >= 0.3 is 0 Å². The summed E-state index contributed by atoms with van der Waals surface area (Å²) in [6.45, 7) is 0. The monoisotopic (exact) mass is 248 g/mol. The molecule has 0 amide bonds. The van der Waals surface area contributed by atoms with Crippen LogP contribution in [0.3, 0.4) is 0 Å². The maximum atomic E-state index is 10.5. The number of aryl methyl sites for hydroxylation is 1. The van der Waals surface area contributed by atoms with E-state index < -0.39 is 0 Å². The van der Waals surface area contributed by atoms with Gasteiger partial charge in [0.2, 0.25) is 0 Å². The van der Waals surface area contributed by atoms with E-state index >= 15 is 0 Å². The first kappa shape index (κ1) is 12.2. The van der Waals surface area contributed by atoms with Crippen molar-refractivity contribution in [3.63, 3.8) is 0 Å². The van der Waals surface area contributed by atoms with Crippen LogP contribution in [0.15, 0.2) is 12.4 Å². The lowest BCUT2D eigenvalue weighted by Gasteiger charge is -2.40. The second-order valence-corrected chi connectivity index (χ2v) is 6.27. The van der Waals surface area contributed by atoms with Gasteiger partial charge in [-0.1, -0.05) is 25.7 Å². The van der Waals surface area contributed by atoms with Gasteiger partial charge in [-0.25, -0.2) is 0 Å². The van der Waals surface area contributed by atoms with E-state index in [0.717, 1.165) is 17.4 Å². The van der Waals surface area contributed by atoms with E-state index in [1.807, 2.05) is 19.4 Å². The van der Waals surface area contributed by atoms with Crippen molar-refractivity contribution in [1.82, 2.24) is 9.78 Å². The minimum atomic E-state index is -0.304. The molecule has 0 aromatic carbocycles. The fourth-order valence-corrected chi connectivity index (χ4v) is 4.06. The van der Waals surface area contributed by atoms with Gasteiger partial charge in [-0.2, -0.15) is 5.10 Å². The molecule has 4 unspecified atom stereocenters. The van der Waals surface area contributed by atoms with Gasteiger partial charge in [0.05, 0.1) is 12.3 Å². The van der Waals surface area contributed by atoms with Crippen LogP contribution in [0.2, 0.25) is 0 Å². The highest BCUT2D eigenvalue weighted by atomic mass is 16.3. The average Bonchev–Trinajstić information content (AvgIpc) is 2.84. The molecule has 3 heteroatoms. The molecule has 2 aliphatic carbocycles. The molecule has 18 heavy (non-hydrogen) atoms. The van der Waals surface area contributed by atoms with E-state index in [1.54, 1.807) is 4.68 Å². The van der Waals surface area contributed by atoms with Crippen molar-refractivity contribution in [3.8, 4) is 0 Å². The van der Waals surface area contributed by atoms with E-state index in [-0.39, 0.29) is 6.10 Å². The van der Waals surface area contributed by atoms with E-state index in [9.17, 15) is 5.11 Å². The second-order valence-electron chi connectivity index (χ2n) is 6.27. The standard InChI is InChI=1S/C15H24N2O/c1-17-10-14(9-16-17)15(18)13-7-6-11-4-2-3-5-12(11)8-13/h9-13,15,18H,2-8H2,1H3. The van der Waals surface area contributed by atoms with Crippen molar-refractivity contribution in [2.45, 2.75) is 51.0 Å². The summed E-state index contributed by atoms with van der Waals surface area (Å²) >= 11 is 0. The van der Waals surface area contributed by atoms with Crippen LogP contribution < -0.4 is 0 Å². The van der Waals surface area contributed by atoms with E-state index in [4.69, 9.17) is 0 Å². The van der Waals surface area contributed by atoms with Gasteiger partial charge in [-0.15, -0.1) is 0 Å². The molecule has 2 fully saturated rings. The van der Waals surface area contributed by atoms with Crippen molar-refractivity contribution in [3.05, 3.63) is 18.0 Å². The molecule has 100 valence electrons. The summed E-state index contributed by atoms with van der Waals surface area (Å²) in [5, 5.41) is 14.7. The van der Waals surface area contributed by atoms with Crippen molar-refractivity contribution in [1.29, 1.82) is 0 Å². The van der Waals surface area contributed by atoms with Gasteiger partial charge in [0.25, 0.3) is 0 Å². The lowest BCUT2D eigenvalue weighted by molar-refractivity contribution is 0.0349. The Morgan fingerprint density at radius 2 is 2.00 bits per heavy atom. The van der Waals surface area contributed by atoms with Crippen LogP contribution >= 0.6 is 0 Å². The Labute approximate surface area is 109 Å². The molecule has 1 aromatic rings. The number of aliphatic hydroxyl groups excluding tert-OH is 1. The predicted octanol–water partition coefficient (Wildman–Crippen LogP) is 3.06. The van der Waals surface area contributed by atoms with Crippen LogP contribution in [0.25, 0.3) is 0 Å². The molecule has 0 bridgehead atoms. The van der Waals surface area contributed by atoms with Gasteiger partial charge in [0.1, 0.15) is 0 Å². The number of hydrogen-bond acceptors (Lipinski definition) is 2. The minimum Gasteiger partial charge on any atom is -0.388 e. The molecule has 4 atom stereocenters. The molecule has 0 aliphatic heterocycles. The highest BCUT2D eigenvalue weighted by Crippen LogP contribution is 2.45. The smallest absolute Gasteiger partial charge is 0.0848 e. The third-order valence-corrected chi connectivity index (χ3v) is 5.09. The SMILES string of the molecule is Cn1cc(C(O)C2CCC3CCCCC3C2)cn1. The Bertz CT molecular complexity index is 401. The predicted molar refractivity (Wildman–Crippen MR) is 71.0 cm³/mol. The zero-order valence-electron chi connectivity index (χ0n) is 11.3. The van der Waals surface area contributed by atoms with Crippen LogP contribution in [0, 0.1) is 17.8 Å². The van der Waals surface area contributed by atoms with Crippen LogP contribution in [0.1, 0.15) is 56.6 Å².